The van der Waals surface area contributed by atoms with Crippen molar-refractivity contribution in [2.24, 2.45) is 11.8 Å². The van der Waals surface area contributed by atoms with Gasteiger partial charge in [-0.25, -0.2) is 0 Å². The van der Waals surface area contributed by atoms with E-state index in [-0.39, 0.29) is 11.8 Å². The third-order valence-electron chi connectivity index (χ3n) is 5.18. The largest absolute Gasteiger partial charge is 0.497 e. The first-order valence-electron chi connectivity index (χ1n) is 9.02. The zero-order valence-corrected chi connectivity index (χ0v) is 15.0. The summed E-state index contributed by atoms with van der Waals surface area (Å²) in [4.78, 5) is 28.6. The Labute approximate surface area is 149 Å². The van der Waals surface area contributed by atoms with Gasteiger partial charge in [-0.05, 0) is 36.6 Å². The van der Waals surface area contributed by atoms with Crippen molar-refractivity contribution in [2.45, 2.75) is 13.3 Å². The molecule has 3 rings (SSSR count). The lowest BCUT2D eigenvalue weighted by molar-refractivity contribution is -0.134. The minimum absolute atomic E-state index is 0.0702. The van der Waals surface area contributed by atoms with Gasteiger partial charge in [-0.1, -0.05) is 6.92 Å². The van der Waals surface area contributed by atoms with Crippen LogP contribution in [0.4, 0.5) is 0 Å². The number of ether oxygens (including phenoxy) is 1. The van der Waals surface area contributed by atoms with Crippen molar-refractivity contribution < 1.29 is 14.3 Å². The SMILES string of the molecule is COc1ccc(C(=O)NCCN2CCN(C(=O)[C@H]3C[C@H]3C)CC2)cc1. The molecule has 1 aliphatic carbocycles. The lowest BCUT2D eigenvalue weighted by Crippen LogP contribution is -2.50. The molecule has 136 valence electrons. The summed E-state index contributed by atoms with van der Waals surface area (Å²) < 4.78 is 5.09. The summed E-state index contributed by atoms with van der Waals surface area (Å²) in [6, 6.07) is 7.09. The molecule has 2 fully saturated rings. The molecule has 0 bridgehead atoms. The zero-order chi connectivity index (χ0) is 17.8. The zero-order valence-electron chi connectivity index (χ0n) is 15.0. The smallest absolute Gasteiger partial charge is 0.251 e. The molecule has 0 spiro atoms. The second-order valence-corrected chi connectivity index (χ2v) is 6.97. The standard InChI is InChI=1S/C19H27N3O3/c1-14-13-17(14)19(24)22-11-9-21(10-12-22)8-7-20-18(23)15-3-5-16(25-2)6-4-15/h3-6,14,17H,7-13H2,1-2H3,(H,20,23)/t14-,17+/m1/s1. The van der Waals surface area contributed by atoms with E-state index in [9.17, 15) is 9.59 Å². The van der Waals surface area contributed by atoms with Crippen molar-refractivity contribution in [1.82, 2.24) is 15.1 Å². The van der Waals surface area contributed by atoms with Crippen molar-refractivity contribution in [3.8, 4) is 5.75 Å². The average molecular weight is 345 g/mol. The van der Waals surface area contributed by atoms with E-state index in [1.54, 1.807) is 31.4 Å². The third-order valence-corrected chi connectivity index (χ3v) is 5.18. The Kier molecular flexibility index (Phi) is 5.58. The average Bonchev–Trinajstić information content (AvgIpc) is 3.38. The highest BCUT2D eigenvalue weighted by Crippen LogP contribution is 2.39. The predicted molar refractivity (Wildman–Crippen MR) is 95.6 cm³/mol. The predicted octanol–water partition coefficient (Wildman–Crippen LogP) is 1.23. The van der Waals surface area contributed by atoms with E-state index in [0.29, 0.717) is 23.9 Å². The fourth-order valence-electron chi connectivity index (χ4n) is 3.26. The van der Waals surface area contributed by atoms with Gasteiger partial charge in [0.15, 0.2) is 0 Å². The van der Waals surface area contributed by atoms with Crippen LogP contribution in [0.3, 0.4) is 0 Å². The number of amides is 2. The van der Waals surface area contributed by atoms with E-state index in [2.05, 4.69) is 17.1 Å². The van der Waals surface area contributed by atoms with Gasteiger partial charge < -0.3 is 15.0 Å². The molecular formula is C19H27N3O3. The Bertz CT molecular complexity index is 609. The second kappa shape index (κ2) is 7.87. The van der Waals surface area contributed by atoms with Crippen LogP contribution in [-0.2, 0) is 4.79 Å². The maximum Gasteiger partial charge on any atom is 0.251 e. The van der Waals surface area contributed by atoms with E-state index < -0.39 is 0 Å². The molecule has 1 N–H and O–H groups in total. The number of nitrogens with one attached hydrogen (secondary N) is 1. The van der Waals surface area contributed by atoms with Crippen LogP contribution in [0.2, 0.25) is 0 Å². The van der Waals surface area contributed by atoms with Crippen LogP contribution >= 0.6 is 0 Å². The molecule has 2 atom stereocenters. The summed E-state index contributed by atoms with van der Waals surface area (Å²) in [6.45, 7) is 6.92. The molecule has 1 aromatic carbocycles. The summed E-state index contributed by atoms with van der Waals surface area (Å²) in [5.74, 6) is 1.85. The van der Waals surface area contributed by atoms with Crippen LogP contribution in [-0.4, -0.2) is 68.0 Å². The first-order chi connectivity index (χ1) is 12.1. The van der Waals surface area contributed by atoms with Gasteiger partial charge >= 0.3 is 0 Å². The summed E-state index contributed by atoms with van der Waals surface area (Å²) >= 11 is 0. The Morgan fingerprint density at radius 2 is 1.80 bits per heavy atom. The van der Waals surface area contributed by atoms with Gasteiger partial charge in [0.2, 0.25) is 5.91 Å². The molecular weight excluding hydrogens is 318 g/mol. The number of carbonyl (C=O) groups excluding carboxylic acids is 2. The van der Waals surface area contributed by atoms with E-state index in [1.807, 2.05) is 4.90 Å². The number of methoxy groups -OCH3 is 1. The monoisotopic (exact) mass is 345 g/mol. The van der Waals surface area contributed by atoms with Gasteiger partial charge in [0.05, 0.1) is 7.11 Å². The van der Waals surface area contributed by atoms with Gasteiger partial charge in [-0.2, -0.15) is 0 Å². The number of hydrogen-bond acceptors (Lipinski definition) is 4. The fraction of sp³-hybridized carbons (Fsp3) is 0.579. The molecule has 0 radical (unpaired) electrons. The number of nitrogens with zero attached hydrogens (tertiary/aromatic N) is 2. The maximum atomic E-state index is 12.2. The molecule has 2 amide bonds. The van der Waals surface area contributed by atoms with E-state index in [1.165, 1.54) is 0 Å². The molecule has 1 heterocycles. The minimum Gasteiger partial charge on any atom is -0.497 e. The number of hydrogen-bond donors (Lipinski definition) is 1. The van der Waals surface area contributed by atoms with Crippen LogP contribution in [0.1, 0.15) is 23.7 Å². The molecule has 25 heavy (non-hydrogen) atoms. The molecule has 0 unspecified atom stereocenters. The quantitative estimate of drug-likeness (QED) is 0.842. The first kappa shape index (κ1) is 17.7. The van der Waals surface area contributed by atoms with E-state index >= 15 is 0 Å². The third kappa shape index (κ3) is 4.51. The molecule has 1 saturated carbocycles. The summed E-state index contributed by atoms with van der Waals surface area (Å²) in [6.07, 6.45) is 1.05. The Hall–Kier alpha value is -2.08. The van der Waals surface area contributed by atoms with E-state index in [4.69, 9.17) is 4.74 Å². The molecule has 1 aromatic rings. The topological polar surface area (TPSA) is 61.9 Å². The van der Waals surface area contributed by atoms with Gasteiger partial charge in [0, 0.05) is 50.7 Å². The lowest BCUT2D eigenvalue weighted by atomic mass is 10.2. The molecule has 1 saturated heterocycles. The highest BCUT2D eigenvalue weighted by Gasteiger charge is 2.41. The number of rotatable bonds is 6. The number of benzene rings is 1. The van der Waals surface area contributed by atoms with Crippen molar-refractivity contribution >= 4 is 11.8 Å². The molecule has 6 nitrogen and oxygen atoms in total. The van der Waals surface area contributed by atoms with Crippen molar-refractivity contribution in [3.63, 3.8) is 0 Å². The Balaban J connectivity index is 1.35. The van der Waals surface area contributed by atoms with Gasteiger partial charge in [0.1, 0.15) is 5.75 Å². The molecule has 1 aliphatic heterocycles. The summed E-state index contributed by atoms with van der Waals surface area (Å²) in [5.41, 5.74) is 0.634. The Morgan fingerprint density at radius 1 is 1.16 bits per heavy atom. The van der Waals surface area contributed by atoms with Gasteiger partial charge in [0.25, 0.3) is 5.91 Å². The molecule has 0 aromatic heterocycles. The number of carbonyl (C=O) groups is 2. The van der Waals surface area contributed by atoms with Crippen molar-refractivity contribution in [1.29, 1.82) is 0 Å². The van der Waals surface area contributed by atoms with Crippen molar-refractivity contribution in [3.05, 3.63) is 29.8 Å². The second-order valence-electron chi connectivity index (χ2n) is 6.97. The maximum absolute atomic E-state index is 12.2. The highest BCUT2D eigenvalue weighted by molar-refractivity contribution is 5.94. The van der Waals surface area contributed by atoms with Crippen LogP contribution in [0, 0.1) is 11.8 Å². The highest BCUT2D eigenvalue weighted by atomic mass is 16.5. The summed E-state index contributed by atoms with van der Waals surface area (Å²) in [7, 11) is 1.60. The van der Waals surface area contributed by atoms with Crippen LogP contribution < -0.4 is 10.1 Å². The first-order valence-corrected chi connectivity index (χ1v) is 9.02. The fourth-order valence-corrected chi connectivity index (χ4v) is 3.26. The normalized spacial score (nSPS) is 23.2. The lowest BCUT2D eigenvalue weighted by Gasteiger charge is -2.35. The van der Waals surface area contributed by atoms with Crippen LogP contribution in [0.25, 0.3) is 0 Å². The summed E-state index contributed by atoms with van der Waals surface area (Å²) in [5, 5.41) is 2.95. The molecule has 2 aliphatic rings. The number of piperazine rings is 1. The van der Waals surface area contributed by atoms with Gasteiger partial charge in [-0.3, -0.25) is 14.5 Å². The molecule has 6 heteroatoms. The van der Waals surface area contributed by atoms with Crippen molar-refractivity contribution in [2.75, 3.05) is 46.4 Å². The van der Waals surface area contributed by atoms with Crippen LogP contribution in [0.5, 0.6) is 5.75 Å². The van der Waals surface area contributed by atoms with Crippen LogP contribution in [0.15, 0.2) is 24.3 Å². The van der Waals surface area contributed by atoms with E-state index in [0.717, 1.165) is 44.9 Å². The Morgan fingerprint density at radius 3 is 2.36 bits per heavy atom. The minimum atomic E-state index is -0.0702. The van der Waals surface area contributed by atoms with Gasteiger partial charge in [-0.15, -0.1) is 0 Å².